The van der Waals surface area contributed by atoms with Crippen molar-refractivity contribution < 1.29 is 9.59 Å². The van der Waals surface area contributed by atoms with Gasteiger partial charge < -0.3 is 14.8 Å². The lowest BCUT2D eigenvalue weighted by molar-refractivity contribution is 0.0703. The van der Waals surface area contributed by atoms with Crippen LogP contribution in [0.1, 0.15) is 39.5 Å². The number of carbonyl (C=O) groups excluding carboxylic acids is 2. The summed E-state index contributed by atoms with van der Waals surface area (Å²) in [6.45, 7) is 1.59. The number of hydrogen-bond acceptors (Lipinski definition) is 4. The van der Waals surface area contributed by atoms with E-state index in [1.165, 1.54) is 0 Å². The molecule has 138 valence electrons. The Morgan fingerprint density at radius 1 is 1.22 bits per heavy atom. The van der Waals surface area contributed by atoms with Crippen molar-refractivity contribution in [3.63, 3.8) is 0 Å². The number of amides is 2. The highest BCUT2D eigenvalue weighted by atomic mass is 79.9. The minimum atomic E-state index is -0.131. The van der Waals surface area contributed by atoms with E-state index in [4.69, 9.17) is 0 Å². The van der Waals surface area contributed by atoms with Gasteiger partial charge in [0.1, 0.15) is 5.69 Å². The molecule has 1 aliphatic heterocycles. The number of aromatic nitrogens is 4. The van der Waals surface area contributed by atoms with Crippen molar-refractivity contribution in [3.8, 4) is 0 Å². The van der Waals surface area contributed by atoms with Gasteiger partial charge in [-0.2, -0.15) is 5.10 Å². The normalized spacial score (nSPS) is 16.4. The van der Waals surface area contributed by atoms with Crippen molar-refractivity contribution in [1.82, 2.24) is 29.4 Å². The van der Waals surface area contributed by atoms with Gasteiger partial charge in [0.2, 0.25) is 0 Å². The number of carbonyl (C=O) groups is 2. The molecule has 3 aromatic rings. The quantitative estimate of drug-likeness (QED) is 0.689. The van der Waals surface area contributed by atoms with E-state index in [2.05, 4.69) is 31.3 Å². The third-order valence-corrected chi connectivity index (χ3v) is 5.36. The number of halogens is 1. The van der Waals surface area contributed by atoms with Crippen LogP contribution in [0.15, 0.2) is 35.1 Å². The van der Waals surface area contributed by atoms with E-state index >= 15 is 0 Å². The molecule has 0 spiro atoms. The molecule has 0 bridgehead atoms. The first-order chi connectivity index (χ1) is 13.1. The zero-order chi connectivity index (χ0) is 18.5. The maximum atomic E-state index is 12.9. The average Bonchev–Trinajstić information content (AvgIpc) is 3.21. The van der Waals surface area contributed by atoms with Crippen LogP contribution in [0.4, 0.5) is 0 Å². The third-order valence-electron chi connectivity index (χ3n) is 4.95. The highest BCUT2D eigenvalue weighted by Gasteiger charge is 2.29. The summed E-state index contributed by atoms with van der Waals surface area (Å²) in [4.78, 5) is 31.2. The van der Waals surface area contributed by atoms with Gasteiger partial charge in [0.15, 0.2) is 11.3 Å². The van der Waals surface area contributed by atoms with Gasteiger partial charge >= 0.3 is 0 Å². The third kappa shape index (κ3) is 3.01. The number of nitrogens with zero attached hydrogens (tertiary/aromatic N) is 5. The lowest BCUT2D eigenvalue weighted by Gasteiger charge is -2.29. The van der Waals surface area contributed by atoms with Crippen LogP contribution >= 0.6 is 15.9 Å². The van der Waals surface area contributed by atoms with E-state index in [0.717, 1.165) is 23.0 Å². The van der Waals surface area contributed by atoms with Crippen molar-refractivity contribution in [3.05, 3.63) is 52.1 Å². The molecule has 1 saturated carbocycles. The average molecular weight is 429 g/mol. The van der Waals surface area contributed by atoms with Crippen LogP contribution in [0.3, 0.4) is 0 Å². The predicted molar refractivity (Wildman–Crippen MR) is 100 cm³/mol. The number of fused-ring (bicyclic) bond motifs is 2. The smallest absolute Gasteiger partial charge is 0.274 e. The number of rotatable bonds is 3. The minimum absolute atomic E-state index is 0.0273. The fourth-order valence-corrected chi connectivity index (χ4v) is 3.68. The zero-order valence-electron chi connectivity index (χ0n) is 14.4. The SMILES string of the molecule is O=C(NC1CC1)c1ccc2n1CCN(C(=O)c1cc3ncc(Br)cn3n1)C2. The molecule has 0 saturated heterocycles. The Labute approximate surface area is 163 Å². The Morgan fingerprint density at radius 3 is 2.89 bits per heavy atom. The summed E-state index contributed by atoms with van der Waals surface area (Å²) in [7, 11) is 0. The topological polar surface area (TPSA) is 84.5 Å². The lowest BCUT2D eigenvalue weighted by atomic mass is 10.2. The molecule has 0 aromatic carbocycles. The van der Waals surface area contributed by atoms with E-state index in [1.54, 1.807) is 27.9 Å². The van der Waals surface area contributed by atoms with E-state index in [9.17, 15) is 9.59 Å². The highest BCUT2D eigenvalue weighted by molar-refractivity contribution is 9.10. The van der Waals surface area contributed by atoms with Crippen molar-refractivity contribution in [1.29, 1.82) is 0 Å². The number of hydrogen-bond donors (Lipinski definition) is 1. The van der Waals surface area contributed by atoms with Crippen LogP contribution in [0.2, 0.25) is 0 Å². The van der Waals surface area contributed by atoms with E-state index < -0.39 is 0 Å². The Hall–Kier alpha value is -2.68. The van der Waals surface area contributed by atoms with Gasteiger partial charge in [-0.05, 0) is 40.9 Å². The van der Waals surface area contributed by atoms with Gasteiger partial charge in [-0.3, -0.25) is 9.59 Å². The molecule has 27 heavy (non-hydrogen) atoms. The molecule has 9 heteroatoms. The first-order valence-electron chi connectivity index (χ1n) is 8.88. The molecule has 2 amide bonds. The van der Waals surface area contributed by atoms with Gasteiger partial charge in [0, 0.05) is 43.3 Å². The fraction of sp³-hybridized carbons (Fsp3) is 0.333. The second-order valence-corrected chi connectivity index (χ2v) is 7.86. The first kappa shape index (κ1) is 16.5. The van der Waals surface area contributed by atoms with Crippen molar-refractivity contribution in [2.75, 3.05) is 6.54 Å². The molecule has 1 N–H and O–H groups in total. The second kappa shape index (κ2) is 6.19. The van der Waals surface area contributed by atoms with E-state index in [0.29, 0.717) is 42.7 Å². The van der Waals surface area contributed by atoms with Crippen LogP contribution in [0.5, 0.6) is 0 Å². The minimum Gasteiger partial charge on any atom is -0.348 e. The summed E-state index contributed by atoms with van der Waals surface area (Å²) in [5, 5.41) is 7.36. The monoisotopic (exact) mass is 428 g/mol. The first-order valence-corrected chi connectivity index (χ1v) is 9.67. The fourth-order valence-electron chi connectivity index (χ4n) is 3.39. The van der Waals surface area contributed by atoms with Crippen LogP contribution in [0, 0.1) is 0 Å². The Kier molecular flexibility index (Phi) is 3.78. The Balaban J connectivity index is 1.36. The number of nitrogens with one attached hydrogen (secondary N) is 1. The van der Waals surface area contributed by atoms with Gasteiger partial charge in [-0.15, -0.1) is 0 Å². The molecule has 2 aliphatic rings. The van der Waals surface area contributed by atoms with Crippen LogP contribution in [-0.2, 0) is 13.1 Å². The Morgan fingerprint density at radius 2 is 2.07 bits per heavy atom. The maximum absolute atomic E-state index is 12.9. The van der Waals surface area contributed by atoms with Crippen LogP contribution in [0.25, 0.3) is 5.65 Å². The summed E-state index contributed by atoms with van der Waals surface area (Å²) in [5.41, 5.74) is 2.62. The van der Waals surface area contributed by atoms with E-state index in [-0.39, 0.29) is 11.8 Å². The molecule has 4 heterocycles. The van der Waals surface area contributed by atoms with Crippen molar-refractivity contribution >= 4 is 33.4 Å². The molecular weight excluding hydrogens is 412 g/mol. The summed E-state index contributed by atoms with van der Waals surface area (Å²) >= 11 is 3.35. The largest absolute Gasteiger partial charge is 0.348 e. The molecule has 0 radical (unpaired) electrons. The van der Waals surface area contributed by atoms with Gasteiger partial charge in [-0.1, -0.05) is 0 Å². The van der Waals surface area contributed by atoms with Gasteiger partial charge in [-0.25, -0.2) is 9.50 Å². The van der Waals surface area contributed by atoms with Crippen LogP contribution in [-0.4, -0.2) is 48.5 Å². The second-order valence-electron chi connectivity index (χ2n) is 6.94. The molecule has 0 unspecified atom stereocenters. The molecule has 5 rings (SSSR count). The summed E-state index contributed by atoms with van der Waals surface area (Å²) in [5.74, 6) is -0.159. The Bertz CT molecular complexity index is 1070. The van der Waals surface area contributed by atoms with Crippen LogP contribution < -0.4 is 5.32 Å². The zero-order valence-corrected chi connectivity index (χ0v) is 16.0. The highest BCUT2D eigenvalue weighted by Crippen LogP contribution is 2.22. The van der Waals surface area contributed by atoms with Crippen molar-refractivity contribution in [2.24, 2.45) is 0 Å². The van der Waals surface area contributed by atoms with Gasteiger partial charge in [0.25, 0.3) is 11.8 Å². The summed E-state index contributed by atoms with van der Waals surface area (Å²) in [6, 6.07) is 5.78. The molecule has 0 atom stereocenters. The molecular formula is C18H17BrN6O2. The van der Waals surface area contributed by atoms with E-state index in [1.807, 2.05) is 16.7 Å². The maximum Gasteiger partial charge on any atom is 0.274 e. The molecule has 8 nitrogen and oxygen atoms in total. The standard InChI is InChI=1S/C18H17BrN6O2/c19-11-8-20-16-7-14(22-25(16)9-11)18(27)23-5-6-24-13(10-23)3-4-15(24)17(26)21-12-1-2-12/h3-4,7-9,12H,1-2,5-6,10H2,(H,21,26). The molecule has 1 fully saturated rings. The summed E-state index contributed by atoms with van der Waals surface area (Å²) in [6.07, 6.45) is 5.57. The van der Waals surface area contributed by atoms with Gasteiger partial charge in [0.05, 0.1) is 11.0 Å². The lowest BCUT2D eigenvalue weighted by Crippen LogP contribution is -2.39. The van der Waals surface area contributed by atoms with Crippen molar-refractivity contribution in [2.45, 2.75) is 32.0 Å². The molecule has 3 aromatic heterocycles. The summed E-state index contributed by atoms with van der Waals surface area (Å²) < 4.78 is 4.39. The molecule has 1 aliphatic carbocycles. The predicted octanol–water partition coefficient (Wildman–Crippen LogP) is 1.84.